The van der Waals surface area contributed by atoms with Crippen molar-refractivity contribution in [2.24, 2.45) is 23.7 Å². The molecule has 184 valence electrons. The smallest absolute Gasteiger partial charge is 0.127 e. The average Bonchev–Trinajstić information content (AvgIpc) is 2.89. The summed E-state index contributed by atoms with van der Waals surface area (Å²) in [5.74, 6) is 4.89. The molecule has 3 aliphatic rings. The van der Waals surface area contributed by atoms with E-state index in [4.69, 9.17) is 0 Å². The maximum Gasteiger partial charge on any atom is 0.127 e. The van der Waals surface area contributed by atoms with E-state index < -0.39 is 0 Å². The molecule has 0 radical (unpaired) electrons. The van der Waals surface area contributed by atoms with Gasteiger partial charge in [0, 0.05) is 0 Å². The number of halogens is 1. The highest BCUT2D eigenvalue weighted by Crippen LogP contribution is 2.44. The second kappa shape index (κ2) is 11.0. The lowest BCUT2D eigenvalue weighted by atomic mass is 9.68. The molecule has 0 amide bonds. The Balaban J connectivity index is 1.17. The summed E-state index contributed by atoms with van der Waals surface area (Å²) in [6.45, 7) is 4.69. The Hall–Kier alpha value is -1.63. The van der Waals surface area contributed by atoms with E-state index in [-0.39, 0.29) is 5.82 Å². The van der Waals surface area contributed by atoms with Gasteiger partial charge in [0.25, 0.3) is 0 Å². The van der Waals surface area contributed by atoms with Gasteiger partial charge in [0.2, 0.25) is 0 Å². The van der Waals surface area contributed by atoms with Gasteiger partial charge in [0.15, 0.2) is 0 Å². The predicted octanol–water partition coefficient (Wildman–Crippen LogP) is 10.3. The first-order valence-corrected chi connectivity index (χ1v) is 14.5. The van der Waals surface area contributed by atoms with E-state index in [1.807, 2.05) is 0 Å². The minimum atomic E-state index is -0.00702. The van der Waals surface area contributed by atoms with E-state index in [1.165, 1.54) is 76.2 Å². The SMILES string of the molecule is CCC1CCC(C2CCC(c3ccc(-c4ccc(C5CCC(C)CC5)c(F)c4)cc3)CC2)CC1. The second-order valence-corrected chi connectivity index (χ2v) is 12.1. The first kappa shape index (κ1) is 24.1. The Morgan fingerprint density at radius 1 is 0.647 bits per heavy atom. The van der Waals surface area contributed by atoms with Crippen LogP contribution in [-0.4, -0.2) is 0 Å². The van der Waals surface area contributed by atoms with Gasteiger partial charge in [-0.1, -0.05) is 82.3 Å². The molecule has 0 atom stereocenters. The lowest BCUT2D eigenvalue weighted by Gasteiger charge is -2.38. The summed E-state index contributed by atoms with van der Waals surface area (Å²) in [6, 6.07) is 15.1. The van der Waals surface area contributed by atoms with Gasteiger partial charge in [0.1, 0.15) is 5.82 Å². The fraction of sp³-hybridized carbons (Fsp3) is 0.636. The van der Waals surface area contributed by atoms with Crippen LogP contribution >= 0.6 is 0 Å². The zero-order chi connectivity index (χ0) is 23.5. The summed E-state index contributed by atoms with van der Waals surface area (Å²) in [5, 5.41) is 0. The molecule has 5 rings (SSSR count). The highest BCUT2D eigenvalue weighted by molar-refractivity contribution is 5.64. The van der Waals surface area contributed by atoms with Crippen LogP contribution in [0.3, 0.4) is 0 Å². The quantitative estimate of drug-likeness (QED) is 0.416. The van der Waals surface area contributed by atoms with Crippen LogP contribution in [0.4, 0.5) is 4.39 Å². The molecule has 3 fully saturated rings. The molecule has 0 nitrogen and oxygen atoms in total. The van der Waals surface area contributed by atoms with Crippen molar-refractivity contribution in [3.63, 3.8) is 0 Å². The average molecular weight is 461 g/mol. The van der Waals surface area contributed by atoms with E-state index in [0.717, 1.165) is 53.2 Å². The first-order valence-electron chi connectivity index (χ1n) is 14.5. The van der Waals surface area contributed by atoms with Crippen LogP contribution in [0.1, 0.15) is 120 Å². The first-order chi connectivity index (χ1) is 16.6. The Morgan fingerprint density at radius 3 is 1.79 bits per heavy atom. The standard InChI is InChI=1S/C33H45F/c1-3-24-6-10-25(11-7-24)26-12-14-27(15-13-26)28-16-18-29(19-17-28)31-20-21-32(33(34)22-31)30-8-4-23(2)5-9-30/h16-27,30H,3-15H2,1-2H3. The molecular formula is C33H45F. The number of benzene rings is 2. The van der Waals surface area contributed by atoms with E-state index in [9.17, 15) is 0 Å². The summed E-state index contributed by atoms with van der Waals surface area (Å²) in [4.78, 5) is 0. The number of hydrogen-bond donors (Lipinski definition) is 0. The summed E-state index contributed by atoms with van der Waals surface area (Å²) in [6.07, 6.45) is 17.6. The third-order valence-corrected chi connectivity index (χ3v) is 10.1. The van der Waals surface area contributed by atoms with Crippen LogP contribution in [0.15, 0.2) is 42.5 Å². The molecule has 3 saturated carbocycles. The molecule has 0 spiro atoms. The monoisotopic (exact) mass is 460 g/mol. The normalized spacial score (nSPS) is 32.4. The van der Waals surface area contributed by atoms with Crippen LogP contribution in [0.2, 0.25) is 0 Å². The Morgan fingerprint density at radius 2 is 1.21 bits per heavy atom. The molecule has 0 N–H and O–H groups in total. The predicted molar refractivity (Wildman–Crippen MR) is 143 cm³/mol. The van der Waals surface area contributed by atoms with Gasteiger partial charge < -0.3 is 0 Å². The molecule has 2 aromatic carbocycles. The van der Waals surface area contributed by atoms with E-state index in [0.29, 0.717) is 11.8 Å². The maximum absolute atomic E-state index is 15.0. The fourth-order valence-electron chi connectivity index (χ4n) is 7.55. The van der Waals surface area contributed by atoms with E-state index in [2.05, 4.69) is 50.2 Å². The zero-order valence-electron chi connectivity index (χ0n) is 21.6. The van der Waals surface area contributed by atoms with Crippen LogP contribution in [-0.2, 0) is 0 Å². The van der Waals surface area contributed by atoms with Gasteiger partial charge in [-0.3, -0.25) is 0 Å². The molecule has 0 saturated heterocycles. The van der Waals surface area contributed by atoms with Crippen molar-refractivity contribution in [3.8, 4) is 11.1 Å². The molecular weight excluding hydrogens is 415 g/mol. The molecule has 0 aromatic heterocycles. The molecule has 2 aromatic rings. The largest absolute Gasteiger partial charge is 0.207 e. The van der Waals surface area contributed by atoms with E-state index in [1.54, 1.807) is 6.07 Å². The van der Waals surface area contributed by atoms with Crippen LogP contribution < -0.4 is 0 Å². The van der Waals surface area contributed by atoms with Crippen molar-refractivity contribution >= 4 is 0 Å². The third kappa shape index (κ3) is 5.44. The molecule has 0 heterocycles. The van der Waals surface area contributed by atoms with Crippen molar-refractivity contribution in [1.29, 1.82) is 0 Å². The molecule has 0 unspecified atom stereocenters. The lowest BCUT2D eigenvalue weighted by molar-refractivity contribution is 0.158. The van der Waals surface area contributed by atoms with Crippen molar-refractivity contribution in [1.82, 2.24) is 0 Å². The van der Waals surface area contributed by atoms with Crippen molar-refractivity contribution < 1.29 is 4.39 Å². The van der Waals surface area contributed by atoms with Gasteiger partial charge in [-0.25, -0.2) is 4.39 Å². The summed E-state index contributed by atoms with van der Waals surface area (Å²) in [7, 11) is 0. The van der Waals surface area contributed by atoms with Crippen LogP contribution in [0, 0.1) is 29.5 Å². The summed E-state index contributed by atoms with van der Waals surface area (Å²) in [5.41, 5.74) is 4.59. The lowest BCUT2D eigenvalue weighted by Crippen LogP contribution is -2.25. The van der Waals surface area contributed by atoms with Gasteiger partial charge in [-0.2, -0.15) is 0 Å². The highest BCUT2D eigenvalue weighted by atomic mass is 19.1. The molecule has 34 heavy (non-hydrogen) atoms. The van der Waals surface area contributed by atoms with Gasteiger partial charge in [-0.15, -0.1) is 0 Å². The topological polar surface area (TPSA) is 0 Å². The maximum atomic E-state index is 15.0. The Bertz CT molecular complexity index is 904. The minimum absolute atomic E-state index is 0.00702. The van der Waals surface area contributed by atoms with E-state index >= 15 is 4.39 Å². The Labute approximate surface area is 207 Å². The van der Waals surface area contributed by atoms with Gasteiger partial charge in [-0.05, 0) is 115 Å². The number of hydrogen-bond acceptors (Lipinski definition) is 0. The van der Waals surface area contributed by atoms with Crippen molar-refractivity contribution in [2.45, 2.75) is 109 Å². The van der Waals surface area contributed by atoms with Crippen LogP contribution in [0.5, 0.6) is 0 Å². The zero-order valence-corrected chi connectivity index (χ0v) is 21.6. The molecule has 0 aliphatic heterocycles. The van der Waals surface area contributed by atoms with Gasteiger partial charge in [0.05, 0.1) is 0 Å². The highest BCUT2D eigenvalue weighted by Gasteiger charge is 2.31. The second-order valence-electron chi connectivity index (χ2n) is 12.1. The minimum Gasteiger partial charge on any atom is -0.207 e. The fourth-order valence-corrected chi connectivity index (χ4v) is 7.55. The van der Waals surface area contributed by atoms with Crippen molar-refractivity contribution in [3.05, 3.63) is 59.4 Å². The van der Waals surface area contributed by atoms with Crippen LogP contribution in [0.25, 0.3) is 11.1 Å². The third-order valence-electron chi connectivity index (χ3n) is 10.1. The summed E-state index contributed by atoms with van der Waals surface area (Å²) < 4.78 is 15.0. The molecule has 0 bridgehead atoms. The molecule has 1 heteroatoms. The van der Waals surface area contributed by atoms with Crippen molar-refractivity contribution in [2.75, 3.05) is 0 Å². The van der Waals surface area contributed by atoms with Gasteiger partial charge >= 0.3 is 0 Å². The summed E-state index contributed by atoms with van der Waals surface area (Å²) >= 11 is 0. The molecule has 3 aliphatic carbocycles. The Kier molecular flexibility index (Phi) is 7.77. The number of rotatable bonds is 5.